The summed E-state index contributed by atoms with van der Waals surface area (Å²) in [6.07, 6.45) is 3.99. The lowest BCUT2D eigenvalue weighted by Gasteiger charge is -2.14. The molecule has 2 atom stereocenters. The van der Waals surface area contributed by atoms with Crippen molar-refractivity contribution < 1.29 is 9.59 Å². The molecule has 1 saturated carbocycles. The first-order valence-corrected chi connectivity index (χ1v) is 7.16. The van der Waals surface area contributed by atoms with Crippen molar-refractivity contribution in [2.75, 3.05) is 11.9 Å². The Hall–Kier alpha value is -1.85. The molecule has 6 heteroatoms. The SMILES string of the molecule is C=CCNC(=O)c1ccccc1NC(=O)C1CCC(N)C1.Cl. The van der Waals surface area contributed by atoms with Gasteiger partial charge in [-0.2, -0.15) is 0 Å². The van der Waals surface area contributed by atoms with Crippen LogP contribution < -0.4 is 16.4 Å². The molecule has 0 bridgehead atoms. The van der Waals surface area contributed by atoms with Crippen LogP contribution in [-0.4, -0.2) is 24.4 Å². The zero-order chi connectivity index (χ0) is 15.2. The number of carbonyl (C=O) groups excluding carboxylic acids is 2. The molecular weight excluding hydrogens is 302 g/mol. The van der Waals surface area contributed by atoms with Crippen molar-refractivity contribution in [2.24, 2.45) is 11.7 Å². The first-order chi connectivity index (χ1) is 10.1. The second-order valence-electron chi connectivity index (χ2n) is 5.30. The highest BCUT2D eigenvalue weighted by molar-refractivity contribution is 6.04. The fourth-order valence-electron chi connectivity index (χ4n) is 2.54. The summed E-state index contributed by atoms with van der Waals surface area (Å²) in [7, 11) is 0. The third-order valence-electron chi connectivity index (χ3n) is 3.68. The van der Waals surface area contributed by atoms with Gasteiger partial charge in [0.2, 0.25) is 5.91 Å². The number of rotatable bonds is 5. The van der Waals surface area contributed by atoms with Crippen LogP contribution in [0.4, 0.5) is 5.69 Å². The van der Waals surface area contributed by atoms with Crippen LogP contribution in [0.3, 0.4) is 0 Å². The number of benzene rings is 1. The lowest BCUT2D eigenvalue weighted by molar-refractivity contribution is -0.119. The number of hydrogen-bond donors (Lipinski definition) is 3. The molecule has 4 N–H and O–H groups in total. The van der Waals surface area contributed by atoms with Gasteiger partial charge in [-0.1, -0.05) is 18.2 Å². The summed E-state index contributed by atoms with van der Waals surface area (Å²) >= 11 is 0. The van der Waals surface area contributed by atoms with Gasteiger partial charge in [0.1, 0.15) is 0 Å². The molecule has 120 valence electrons. The van der Waals surface area contributed by atoms with Gasteiger partial charge in [-0.15, -0.1) is 19.0 Å². The quantitative estimate of drug-likeness (QED) is 0.725. The van der Waals surface area contributed by atoms with Crippen LogP contribution in [0.5, 0.6) is 0 Å². The Balaban J connectivity index is 0.00000242. The van der Waals surface area contributed by atoms with Crippen LogP contribution in [0.25, 0.3) is 0 Å². The molecule has 2 unspecified atom stereocenters. The summed E-state index contributed by atoms with van der Waals surface area (Å²) in [5.74, 6) is -0.356. The predicted molar refractivity (Wildman–Crippen MR) is 90.2 cm³/mol. The van der Waals surface area contributed by atoms with Gasteiger partial charge in [0.25, 0.3) is 5.91 Å². The summed E-state index contributed by atoms with van der Waals surface area (Å²) < 4.78 is 0. The molecule has 1 fully saturated rings. The van der Waals surface area contributed by atoms with Crippen molar-refractivity contribution in [3.05, 3.63) is 42.5 Å². The number of nitrogens with one attached hydrogen (secondary N) is 2. The van der Waals surface area contributed by atoms with Crippen molar-refractivity contribution >= 4 is 29.9 Å². The Morgan fingerprint density at radius 3 is 2.68 bits per heavy atom. The summed E-state index contributed by atoms with van der Waals surface area (Å²) in [4.78, 5) is 24.3. The Kier molecular flexibility index (Phi) is 7.08. The number of hydrogen-bond acceptors (Lipinski definition) is 3. The van der Waals surface area contributed by atoms with E-state index in [4.69, 9.17) is 5.73 Å². The molecular formula is C16H22ClN3O2. The summed E-state index contributed by atoms with van der Waals surface area (Å²) in [6.45, 7) is 3.95. The molecule has 2 amide bonds. The highest BCUT2D eigenvalue weighted by atomic mass is 35.5. The van der Waals surface area contributed by atoms with Crippen molar-refractivity contribution in [1.82, 2.24) is 5.32 Å². The van der Waals surface area contributed by atoms with Gasteiger partial charge in [-0.3, -0.25) is 9.59 Å². The third kappa shape index (κ3) is 4.58. The van der Waals surface area contributed by atoms with Crippen LogP contribution in [0.2, 0.25) is 0 Å². The van der Waals surface area contributed by atoms with Gasteiger partial charge in [-0.25, -0.2) is 0 Å². The highest BCUT2D eigenvalue weighted by Gasteiger charge is 2.28. The highest BCUT2D eigenvalue weighted by Crippen LogP contribution is 2.26. The third-order valence-corrected chi connectivity index (χ3v) is 3.68. The first kappa shape index (κ1) is 18.2. The van der Waals surface area contributed by atoms with Crippen molar-refractivity contribution in [2.45, 2.75) is 25.3 Å². The molecule has 2 rings (SSSR count). The van der Waals surface area contributed by atoms with Gasteiger partial charge in [0.05, 0.1) is 11.3 Å². The molecule has 1 aromatic carbocycles. The van der Waals surface area contributed by atoms with E-state index in [-0.39, 0.29) is 36.2 Å². The van der Waals surface area contributed by atoms with Crippen molar-refractivity contribution in [1.29, 1.82) is 0 Å². The average Bonchev–Trinajstić information content (AvgIpc) is 2.92. The predicted octanol–water partition coefficient (Wildman–Crippen LogP) is 2.09. The van der Waals surface area contributed by atoms with Gasteiger partial charge >= 0.3 is 0 Å². The maximum Gasteiger partial charge on any atom is 0.253 e. The number of nitrogens with two attached hydrogens (primary N) is 1. The van der Waals surface area contributed by atoms with Crippen LogP contribution in [0.1, 0.15) is 29.6 Å². The van der Waals surface area contributed by atoms with Crippen LogP contribution in [-0.2, 0) is 4.79 Å². The average molecular weight is 324 g/mol. The van der Waals surface area contributed by atoms with E-state index in [0.29, 0.717) is 24.2 Å². The van der Waals surface area contributed by atoms with Gasteiger partial charge in [0, 0.05) is 18.5 Å². The van der Waals surface area contributed by atoms with E-state index >= 15 is 0 Å². The molecule has 1 aromatic rings. The topological polar surface area (TPSA) is 84.2 Å². The number of carbonyl (C=O) groups is 2. The monoisotopic (exact) mass is 323 g/mol. The second-order valence-corrected chi connectivity index (χ2v) is 5.30. The maximum atomic E-state index is 12.2. The largest absolute Gasteiger partial charge is 0.349 e. The molecule has 1 aliphatic rings. The molecule has 0 spiro atoms. The van der Waals surface area contributed by atoms with E-state index in [1.54, 1.807) is 30.3 Å². The van der Waals surface area contributed by atoms with Crippen molar-refractivity contribution in [3.8, 4) is 0 Å². The lowest BCUT2D eigenvalue weighted by atomic mass is 10.1. The van der Waals surface area contributed by atoms with Crippen LogP contribution in [0.15, 0.2) is 36.9 Å². The Morgan fingerprint density at radius 2 is 2.05 bits per heavy atom. The number of amides is 2. The molecule has 22 heavy (non-hydrogen) atoms. The Morgan fingerprint density at radius 1 is 1.32 bits per heavy atom. The fraction of sp³-hybridized carbons (Fsp3) is 0.375. The minimum absolute atomic E-state index is 0. The molecule has 0 saturated heterocycles. The lowest BCUT2D eigenvalue weighted by Crippen LogP contribution is -2.27. The summed E-state index contributed by atoms with van der Waals surface area (Å²) in [6, 6.07) is 7.08. The van der Waals surface area contributed by atoms with E-state index in [1.807, 2.05) is 0 Å². The number of para-hydroxylation sites is 1. The molecule has 0 heterocycles. The van der Waals surface area contributed by atoms with Gasteiger partial charge in [0.15, 0.2) is 0 Å². The summed E-state index contributed by atoms with van der Waals surface area (Å²) in [5, 5.41) is 5.56. The normalized spacial score (nSPS) is 19.9. The molecule has 1 aliphatic carbocycles. The zero-order valence-corrected chi connectivity index (χ0v) is 13.2. The maximum absolute atomic E-state index is 12.2. The van der Waals surface area contributed by atoms with Crippen LogP contribution >= 0.6 is 12.4 Å². The molecule has 0 radical (unpaired) electrons. The first-order valence-electron chi connectivity index (χ1n) is 7.16. The molecule has 5 nitrogen and oxygen atoms in total. The van der Waals surface area contributed by atoms with E-state index < -0.39 is 0 Å². The second kappa shape index (κ2) is 8.56. The smallest absolute Gasteiger partial charge is 0.253 e. The van der Waals surface area contributed by atoms with Gasteiger partial charge < -0.3 is 16.4 Å². The van der Waals surface area contributed by atoms with E-state index in [9.17, 15) is 9.59 Å². The Labute approximate surface area is 136 Å². The molecule has 0 aromatic heterocycles. The minimum Gasteiger partial charge on any atom is -0.349 e. The summed E-state index contributed by atoms with van der Waals surface area (Å²) in [5.41, 5.74) is 6.82. The van der Waals surface area contributed by atoms with Gasteiger partial charge in [-0.05, 0) is 31.4 Å². The number of halogens is 1. The standard InChI is InChI=1S/C16H21N3O2.ClH/c1-2-9-18-16(21)13-5-3-4-6-14(13)19-15(20)11-7-8-12(17)10-11;/h2-6,11-12H,1,7-10,17H2,(H,18,21)(H,19,20);1H. The molecule has 0 aliphatic heterocycles. The van der Waals surface area contributed by atoms with Crippen LogP contribution in [0, 0.1) is 5.92 Å². The Bertz CT molecular complexity index is 548. The zero-order valence-electron chi connectivity index (χ0n) is 12.4. The number of anilines is 1. The van der Waals surface area contributed by atoms with Crippen molar-refractivity contribution in [3.63, 3.8) is 0 Å². The van der Waals surface area contributed by atoms with E-state index in [2.05, 4.69) is 17.2 Å². The fourth-order valence-corrected chi connectivity index (χ4v) is 2.54. The van der Waals surface area contributed by atoms with E-state index in [0.717, 1.165) is 12.8 Å². The van der Waals surface area contributed by atoms with E-state index in [1.165, 1.54) is 0 Å². The minimum atomic E-state index is -0.228.